The van der Waals surface area contributed by atoms with Crippen molar-refractivity contribution in [3.63, 3.8) is 0 Å². The summed E-state index contributed by atoms with van der Waals surface area (Å²) in [5.41, 5.74) is 2.34. The third-order valence-electron chi connectivity index (χ3n) is 4.38. The average molecular weight is 409 g/mol. The third-order valence-corrected chi connectivity index (χ3v) is 4.67. The van der Waals surface area contributed by atoms with E-state index in [9.17, 15) is 9.59 Å². The summed E-state index contributed by atoms with van der Waals surface area (Å²) >= 11 is 6.10. The van der Waals surface area contributed by atoms with Crippen LogP contribution < -0.4 is 15.4 Å². The molecule has 0 aliphatic rings. The maximum absolute atomic E-state index is 12.6. The van der Waals surface area contributed by atoms with E-state index in [2.05, 4.69) is 10.6 Å². The molecule has 148 valence electrons. The van der Waals surface area contributed by atoms with Crippen LogP contribution in [0.25, 0.3) is 0 Å². The smallest absolute Gasteiger partial charge is 0.255 e. The quantitative estimate of drug-likeness (QED) is 0.601. The monoisotopic (exact) mass is 408 g/mol. The Labute approximate surface area is 174 Å². The lowest BCUT2D eigenvalue weighted by atomic mass is 10.1. The number of para-hydroxylation sites is 1. The summed E-state index contributed by atoms with van der Waals surface area (Å²) in [6.07, 6.45) is 0.728. The van der Waals surface area contributed by atoms with Gasteiger partial charge in [-0.3, -0.25) is 9.59 Å². The van der Waals surface area contributed by atoms with Gasteiger partial charge in [-0.15, -0.1) is 0 Å². The number of carbonyl (C=O) groups excluding carboxylic acids is 2. The fourth-order valence-corrected chi connectivity index (χ4v) is 3.11. The summed E-state index contributed by atoms with van der Waals surface area (Å²) in [5.74, 6) is -0.120. The Hall–Kier alpha value is -3.31. The lowest BCUT2D eigenvalue weighted by molar-refractivity contribution is 0.0955. The van der Waals surface area contributed by atoms with Crippen LogP contribution in [0.15, 0.2) is 72.8 Å². The molecule has 3 aromatic carbocycles. The standard InChI is InChI=1S/C23H21ClN2O3/c1-29-21-12-11-17(15-19(21)24)22(27)26-20-10-6-5-9-18(20)23(28)25-14-13-16-7-3-2-4-8-16/h2-12,15H,13-14H2,1H3,(H,25,28)(H,26,27). The van der Waals surface area contributed by atoms with Gasteiger partial charge in [-0.2, -0.15) is 0 Å². The van der Waals surface area contributed by atoms with Gasteiger partial charge in [0.2, 0.25) is 0 Å². The average Bonchev–Trinajstić information content (AvgIpc) is 2.74. The molecular formula is C23H21ClN2O3. The number of rotatable bonds is 7. The first-order valence-electron chi connectivity index (χ1n) is 9.14. The zero-order valence-corrected chi connectivity index (χ0v) is 16.7. The molecule has 0 bridgehead atoms. The van der Waals surface area contributed by atoms with Crippen molar-refractivity contribution in [2.45, 2.75) is 6.42 Å². The lowest BCUT2D eigenvalue weighted by Gasteiger charge is -2.12. The molecule has 29 heavy (non-hydrogen) atoms. The molecule has 3 rings (SSSR count). The molecule has 2 N–H and O–H groups in total. The maximum atomic E-state index is 12.6. The molecule has 0 aromatic heterocycles. The number of hydrogen-bond donors (Lipinski definition) is 2. The summed E-state index contributed by atoms with van der Waals surface area (Å²) in [4.78, 5) is 25.2. The van der Waals surface area contributed by atoms with E-state index in [1.165, 1.54) is 13.2 Å². The minimum Gasteiger partial charge on any atom is -0.495 e. The first kappa shape index (κ1) is 20.4. The Morgan fingerprint density at radius 3 is 2.38 bits per heavy atom. The van der Waals surface area contributed by atoms with Crippen molar-refractivity contribution in [1.29, 1.82) is 0 Å². The van der Waals surface area contributed by atoms with Crippen molar-refractivity contribution in [1.82, 2.24) is 5.32 Å². The first-order valence-corrected chi connectivity index (χ1v) is 9.52. The number of carbonyl (C=O) groups is 2. The summed E-state index contributed by atoms with van der Waals surface area (Å²) < 4.78 is 5.10. The summed E-state index contributed by atoms with van der Waals surface area (Å²) in [7, 11) is 1.51. The highest BCUT2D eigenvalue weighted by molar-refractivity contribution is 6.32. The molecule has 0 aliphatic heterocycles. The highest BCUT2D eigenvalue weighted by Gasteiger charge is 2.15. The number of hydrogen-bond acceptors (Lipinski definition) is 3. The molecule has 0 radical (unpaired) electrons. The SMILES string of the molecule is COc1ccc(C(=O)Nc2ccccc2C(=O)NCCc2ccccc2)cc1Cl. The fraction of sp³-hybridized carbons (Fsp3) is 0.130. The molecule has 6 heteroatoms. The van der Waals surface area contributed by atoms with Crippen molar-refractivity contribution in [2.24, 2.45) is 0 Å². The zero-order valence-electron chi connectivity index (χ0n) is 15.9. The van der Waals surface area contributed by atoms with Gasteiger partial charge in [0.1, 0.15) is 5.75 Å². The maximum Gasteiger partial charge on any atom is 0.255 e. The van der Waals surface area contributed by atoms with Gasteiger partial charge in [0.15, 0.2) is 0 Å². The molecule has 0 saturated carbocycles. The van der Waals surface area contributed by atoms with E-state index in [-0.39, 0.29) is 11.8 Å². The van der Waals surface area contributed by atoms with Crippen molar-refractivity contribution in [3.8, 4) is 5.75 Å². The van der Waals surface area contributed by atoms with Crippen LogP contribution in [-0.2, 0) is 6.42 Å². The largest absolute Gasteiger partial charge is 0.495 e. The van der Waals surface area contributed by atoms with Gasteiger partial charge < -0.3 is 15.4 Å². The predicted molar refractivity (Wildman–Crippen MR) is 115 cm³/mol. The Bertz CT molecular complexity index is 1010. The van der Waals surface area contributed by atoms with Gasteiger partial charge in [0.25, 0.3) is 11.8 Å². The minimum atomic E-state index is -0.362. The van der Waals surface area contributed by atoms with Crippen LogP contribution in [0.5, 0.6) is 5.75 Å². The van der Waals surface area contributed by atoms with Crippen LogP contribution >= 0.6 is 11.6 Å². The number of benzene rings is 3. The fourth-order valence-electron chi connectivity index (χ4n) is 2.85. The summed E-state index contributed by atoms with van der Waals surface area (Å²) in [5, 5.41) is 6.02. The van der Waals surface area contributed by atoms with Crippen molar-refractivity contribution < 1.29 is 14.3 Å². The van der Waals surface area contributed by atoms with Crippen LogP contribution in [-0.4, -0.2) is 25.5 Å². The molecule has 0 heterocycles. The molecule has 3 aromatic rings. The molecule has 0 fully saturated rings. The first-order chi connectivity index (χ1) is 14.1. The second-order valence-corrected chi connectivity index (χ2v) is 6.75. The molecule has 2 amide bonds. The molecule has 0 atom stereocenters. The van der Waals surface area contributed by atoms with Gasteiger partial charge >= 0.3 is 0 Å². The Morgan fingerprint density at radius 1 is 0.931 bits per heavy atom. The van der Waals surface area contributed by atoms with Gasteiger partial charge in [-0.05, 0) is 42.3 Å². The minimum absolute atomic E-state index is 0.246. The molecule has 0 spiro atoms. The number of nitrogens with one attached hydrogen (secondary N) is 2. The highest BCUT2D eigenvalue weighted by atomic mass is 35.5. The normalized spacial score (nSPS) is 10.3. The van der Waals surface area contributed by atoms with Gasteiger partial charge in [-0.25, -0.2) is 0 Å². The molecule has 0 aliphatic carbocycles. The van der Waals surface area contributed by atoms with E-state index >= 15 is 0 Å². The number of methoxy groups -OCH3 is 1. The van der Waals surface area contributed by atoms with Crippen molar-refractivity contribution in [3.05, 3.63) is 94.5 Å². The van der Waals surface area contributed by atoms with Crippen LogP contribution in [0.1, 0.15) is 26.3 Å². The number of halogens is 1. The van der Waals surface area contributed by atoms with Crippen molar-refractivity contribution >= 4 is 29.1 Å². The van der Waals surface area contributed by atoms with Crippen LogP contribution in [0.3, 0.4) is 0 Å². The summed E-state index contributed by atoms with van der Waals surface area (Å²) in [6, 6.07) is 21.6. The van der Waals surface area contributed by atoms with Gasteiger partial charge in [0.05, 0.1) is 23.4 Å². The van der Waals surface area contributed by atoms with E-state index in [0.717, 1.165) is 12.0 Å². The Balaban J connectivity index is 1.67. The zero-order chi connectivity index (χ0) is 20.6. The van der Waals surface area contributed by atoms with Crippen LogP contribution in [0.2, 0.25) is 5.02 Å². The van der Waals surface area contributed by atoms with Gasteiger partial charge in [-0.1, -0.05) is 54.1 Å². The highest BCUT2D eigenvalue weighted by Crippen LogP contribution is 2.25. The second-order valence-electron chi connectivity index (χ2n) is 6.34. The number of amides is 2. The Morgan fingerprint density at radius 2 is 1.66 bits per heavy atom. The molecule has 0 unspecified atom stereocenters. The predicted octanol–water partition coefficient (Wildman–Crippen LogP) is 4.57. The second kappa shape index (κ2) is 9.75. The van der Waals surface area contributed by atoms with E-state index in [1.807, 2.05) is 30.3 Å². The van der Waals surface area contributed by atoms with Gasteiger partial charge in [0, 0.05) is 12.1 Å². The Kier molecular flexibility index (Phi) is 6.87. The van der Waals surface area contributed by atoms with E-state index in [0.29, 0.717) is 34.1 Å². The van der Waals surface area contributed by atoms with Crippen LogP contribution in [0, 0.1) is 0 Å². The van der Waals surface area contributed by atoms with Crippen LogP contribution in [0.4, 0.5) is 5.69 Å². The molecular weight excluding hydrogens is 388 g/mol. The number of anilines is 1. The lowest BCUT2D eigenvalue weighted by Crippen LogP contribution is -2.27. The topological polar surface area (TPSA) is 67.4 Å². The molecule has 5 nitrogen and oxygen atoms in total. The van der Waals surface area contributed by atoms with E-state index < -0.39 is 0 Å². The van der Waals surface area contributed by atoms with E-state index in [1.54, 1.807) is 36.4 Å². The molecule has 0 saturated heterocycles. The third kappa shape index (κ3) is 5.36. The van der Waals surface area contributed by atoms with E-state index in [4.69, 9.17) is 16.3 Å². The van der Waals surface area contributed by atoms with Crippen molar-refractivity contribution in [2.75, 3.05) is 19.0 Å². The summed E-state index contributed by atoms with van der Waals surface area (Å²) in [6.45, 7) is 0.499. The number of ether oxygens (including phenoxy) is 1.